The van der Waals surface area contributed by atoms with E-state index in [1.54, 1.807) is 11.3 Å². The van der Waals surface area contributed by atoms with E-state index in [9.17, 15) is 10.1 Å². The van der Waals surface area contributed by atoms with Gasteiger partial charge in [0, 0.05) is 4.88 Å². The predicted octanol–water partition coefficient (Wildman–Crippen LogP) is 1.62. The van der Waals surface area contributed by atoms with Gasteiger partial charge in [0.1, 0.15) is 24.2 Å². The Bertz CT molecular complexity index is 678. The summed E-state index contributed by atoms with van der Waals surface area (Å²) in [6.45, 7) is 10.5. The van der Waals surface area contributed by atoms with Gasteiger partial charge >= 0.3 is 0 Å². The fourth-order valence-corrected chi connectivity index (χ4v) is 5.06. The highest BCUT2D eigenvalue weighted by Gasteiger charge is 2.32. The summed E-state index contributed by atoms with van der Waals surface area (Å²) < 4.78 is 5.34. The van der Waals surface area contributed by atoms with Gasteiger partial charge in [0.2, 0.25) is 0 Å². The second-order valence-corrected chi connectivity index (χ2v) is 9.32. The third-order valence-corrected chi connectivity index (χ3v) is 6.64. The van der Waals surface area contributed by atoms with E-state index < -0.39 is 0 Å². The lowest BCUT2D eigenvalue weighted by atomic mass is 9.72. The molecule has 0 unspecified atom stereocenters. The summed E-state index contributed by atoms with van der Waals surface area (Å²) in [5.41, 5.74) is 2.14. The fraction of sp³-hybridized carbons (Fsp3) is 0.684. The molecule has 0 bridgehead atoms. The first kappa shape index (κ1) is 18.4. The van der Waals surface area contributed by atoms with Crippen LogP contribution in [0.3, 0.4) is 0 Å². The molecule has 0 saturated carbocycles. The van der Waals surface area contributed by atoms with E-state index in [2.05, 4.69) is 32.2 Å². The van der Waals surface area contributed by atoms with Gasteiger partial charge in [0.05, 0.1) is 18.8 Å². The Kier molecular flexibility index (Phi) is 5.47. The lowest BCUT2D eigenvalue weighted by Crippen LogP contribution is -3.15. The maximum absolute atomic E-state index is 12.4. The van der Waals surface area contributed by atoms with Crippen LogP contribution in [0.2, 0.25) is 0 Å². The number of ether oxygens (including phenoxy) is 1. The van der Waals surface area contributed by atoms with E-state index in [0.717, 1.165) is 37.4 Å². The highest BCUT2D eigenvalue weighted by molar-refractivity contribution is 7.16. The normalized spacial score (nSPS) is 21.4. The molecule has 3 rings (SSSR count). The number of carbonyl (C=O) groups is 1. The number of fused-ring (bicyclic) bond motifs is 1. The largest absolute Gasteiger partial charge is 0.370 e. The maximum atomic E-state index is 12.4. The number of quaternary nitrogens is 1. The van der Waals surface area contributed by atoms with Crippen LogP contribution in [-0.4, -0.2) is 38.8 Å². The molecule has 2 aliphatic rings. The molecule has 1 aliphatic heterocycles. The highest BCUT2D eigenvalue weighted by atomic mass is 32.1. The van der Waals surface area contributed by atoms with Crippen molar-refractivity contribution in [3.8, 4) is 6.07 Å². The Labute approximate surface area is 154 Å². The first-order valence-corrected chi connectivity index (χ1v) is 9.96. The van der Waals surface area contributed by atoms with E-state index in [4.69, 9.17) is 4.74 Å². The Balaban J connectivity index is 1.71. The molecule has 2 heterocycles. The number of nitriles is 1. The van der Waals surface area contributed by atoms with Crippen molar-refractivity contribution in [2.45, 2.75) is 40.0 Å². The summed E-state index contributed by atoms with van der Waals surface area (Å²) >= 11 is 1.61. The lowest BCUT2D eigenvalue weighted by molar-refractivity contribution is -0.899. The van der Waals surface area contributed by atoms with E-state index >= 15 is 0 Å². The standard InChI is InChI=1S/C19H27N3O2S/c1-19(2,3)13-4-5-14-15(11-20)18(25-16(14)10-13)21-17(23)12-22-6-8-24-9-7-22/h13H,4-10,12H2,1-3H3,(H,21,23)/p+1/t13-/m0/s1. The number of nitrogens with one attached hydrogen (secondary N) is 2. The highest BCUT2D eigenvalue weighted by Crippen LogP contribution is 2.43. The fourth-order valence-electron chi connectivity index (χ4n) is 3.77. The topological polar surface area (TPSA) is 66.6 Å². The molecule has 1 amide bonds. The minimum atomic E-state index is -0.000585. The lowest BCUT2D eigenvalue weighted by Gasteiger charge is -2.33. The van der Waals surface area contributed by atoms with Crippen molar-refractivity contribution in [3.05, 3.63) is 16.0 Å². The Morgan fingerprint density at radius 1 is 1.40 bits per heavy atom. The van der Waals surface area contributed by atoms with E-state index in [1.165, 1.54) is 15.3 Å². The predicted molar refractivity (Wildman–Crippen MR) is 99.0 cm³/mol. The SMILES string of the molecule is CC(C)(C)[C@H]1CCc2c(sc(NC(=O)C[NH+]3CCOCC3)c2C#N)C1. The Morgan fingerprint density at radius 2 is 2.12 bits per heavy atom. The molecule has 0 aromatic carbocycles. The number of morpholine rings is 1. The molecular formula is C19H28N3O2S+. The van der Waals surface area contributed by atoms with Gasteiger partial charge in [0.25, 0.3) is 5.91 Å². The van der Waals surface area contributed by atoms with Crippen molar-refractivity contribution < 1.29 is 14.4 Å². The first-order valence-electron chi connectivity index (χ1n) is 9.14. The number of anilines is 1. The second kappa shape index (κ2) is 7.45. The van der Waals surface area contributed by atoms with Crippen molar-refractivity contribution in [1.82, 2.24) is 0 Å². The van der Waals surface area contributed by atoms with Crippen LogP contribution in [0.4, 0.5) is 5.00 Å². The van der Waals surface area contributed by atoms with Gasteiger partial charge in [-0.3, -0.25) is 4.79 Å². The molecule has 1 fully saturated rings. The van der Waals surface area contributed by atoms with Gasteiger partial charge in [-0.05, 0) is 36.2 Å². The zero-order valence-electron chi connectivity index (χ0n) is 15.4. The molecule has 5 nitrogen and oxygen atoms in total. The monoisotopic (exact) mass is 362 g/mol. The van der Waals surface area contributed by atoms with Crippen LogP contribution >= 0.6 is 11.3 Å². The van der Waals surface area contributed by atoms with Crippen molar-refractivity contribution >= 4 is 22.2 Å². The molecule has 136 valence electrons. The van der Waals surface area contributed by atoms with Crippen LogP contribution in [0.5, 0.6) is 0 Å². The van der Waals surface area contributed by atoms with Gasteiger partial charge in [0.15, 0.2) is 6.54 Å². The molecule has 25 heavy (non-hydrogen) atoms. The molecule has 1 aliphatic carbocycles. The number of nitrogens with zero attached hydrogens (tertiary/aromatic N) is 1. The second-order valence-electron chi connectivity index (χ2n) is 8.21. The number of rotatable bonds is 3. The maximum Gasteiger partial charge on any atom is 0.280 e. The summed E-state index contributed by atoms with van der Waals surface area (Å²) in [6, 6.07) is 2.34. The summed E-state index contributed by atoms with van der Waals surface area (Å²) in [5, 5.41) is 13.4. The zero-order chi connectivity index (χ0) is 18.0. The molecule has 1 aromatic heterocycles. The van der Waals surface area contributed by atoms with Crippen LogP contribution in [0.25, 0.3) is 0 Å². The number of amides is 1. The molecule has 1 aromatic rings. The summed E-state index contributed by atoms with van der Waals surface area (Å²) in [4.78, 5) is 14.9. The minimum Gasteiger partial charge on any atom is -0.370 e. The van der Waals surface area contributed by atoms with Crippen LogP contribution in [-0.2, 0) is 22.4 Å². The Morgan fingerprint density at radius 3 is 2.76 bits per heavy atom. The van der Waals surface area contributed by atoms with Gasteiger partial charge < -0.3 is 15.0 Å². The molecule has 1 saturated heterocycles. The summed E-state index contributed by atoms with van der Waals surface area (Å²) in [5.74, 6) is 0.630. The Hall–Kier alpha value is -1.42. The van der Waals surface area contributed by atoms with Crippen LogP contribution in [0, 0.1) is 22.7 Å². The van der Waals surface area contributed by atoms with Crippen LogP contribution < -0.4 is 10.2 Å². The van der Waals surface area contributed by atoms with Crippen LogP contribution in [0.1, 0.15) is 43.2 Å². The summed E-state index contributed by atoms with van der Waals surface area (Å²) in [6.07, 6.45) is 3.08. The van der Waals surface area contributed by atoms with Crippen molar-refractivity contribution in [3.63, 3.8) is 0 Å². The molecular weight excluding hydrogens is 334 g/mol. The van der Waals surface area contributed by atoms with Gasteiger partial charge in [-0.1, -0.05) is 20.8 Å². The summed E-state index contributed by atoms with van der Waals surface area (Å²) in [7, 11) is 0. The molecule has 0 spiro atoms. The quantitative estimate of drug-likeness (QED) is 0.859. The number of thiophene rings is 1. The first-order chi connectivity index (χ1) is 11.9. The third-order valence-electron chi connectivity index (χ3n) is 5.47. The van der Waals surface area contributed by atoms with Crippen molar-refractivity contribution in [2.24, 2.45) is 11.3 Å². The van der Waals surface area contributed by atoms with Gasteiger partial charge in [-0.25, -0.2) is 0 Å². The minimum absolute atomic E-state index is 0.000585. The zero-order valence-corrected chi connectivity index (χ0v) is 16.2. The molecule has 0 radical (unpaired) electrons. The molecule has 6 heteroatoms. The van der Waals surface area contributed by atoms with Crippen molar-refractivity contribution in [1.29, 1.82) is 5.26 Å². The number of hydrogen-bond donors (Lipinski definition) is 2. The molecule has 1 atom stereocenters. The molecule has 2 N–H and O–H groups in total. The smallest absolute Gasteiger partial charge is 0.280 e. The number of carbonyl (C=O) groups excluding carboxylic acids is 1. The van der Waals surface area contributed by atoms with E-state index in [0.29, 0.717) is 31.2 Å². The van der Waals surface area contributed by atoms with Gasteiger partial charge in [-0.15, -0.1) is 11.3 Å². The van der Waals surface area contributed by atoms with Gasteiger partial charge in [-0.2, -0.15) is 5.26 Å². The van der Waals surface area contributed by atoms with E-state index in [1.807, 2.05) is 0 Å². The van der Waals surface area contributed by atoms with Crippen molar-refractivity contribution in [2.75, 3.05) is 38.2 Å². The average Bonchev–Trinajstić information content (AvgIpc) is 2.90. The van der Waals surface area contributed by atoms with Crippen LogP contribution in [0.15, 0.2) is 0 Å². The average molecular weight is 363 g/mol. The number of hydrogen-bond acceptors (Lipinski definition) is 4. The van der Waals surface area contributed by atoms with E-state index in [-0.39, 0.29) is 11.3 Å². The third kappa shape index (κ3) is 4.22.